The molecule has 2 fully saturated rings. The van der Waals surface area contributed by atoms with Crippen molar-refractivity contribution in [2.45, 2.75) is 62.6 Å². The molecule has 1 saturated heterocycles. The topological polar surface area (TPSA) is 128 Å². The van der Waals surface area contributed by atoms with Gasteiger partial charge in [0.25, 0.3) is 6.43 Å². The molecule has 0 spiro atoms. The van der Waals surface area contributed by atoms with Crippen molar-refractivity contribution in [1.82, 2.24) is 29.6 Å². The van der Waals surface area contributed by atoms with Crippen molar-refractivity contribution in [1.29, 1.82) is 5.26 Å². The number of fused-ring (bicyclic) bond motifs is 1. The van der Waals surface area contributed by atoms with Crippen LogP contribution in [0.3, 0.4) is 0 Å². The largest absolute Gasteiger partial charge is 0.365 e. The van der Waals surface area contributed by atoms with Crippen molar-refractivity contribution in [2.75, 3.05) is 18.0 Å². The summed E-state index contributed by atoms with van der Waals surface area (Å²) < 4.78 is 57.3. The van der Waals surface area contributed by atoms with Crippen LogP contribution >= 0.6 is 11.3 Å². The zero-order valence-corrected chi connectivity index (χ0v) is 20.9. The maximum Gasteiger partial charge on any atom is 0.291 e. The smallest absolute Gasteiger partial charge is 0.291 e. The molecule has 3 aromatic heterocycles. The van der Waals surface area contributed by atoms with Gasteiger partial charge >= 0.3 is 0 Å². The van der Waals surface area contributed by atoms with Crippen LogP contribution in [0.1, 0.15) is 50.7 Å². The minimum absolute atomic E-state index is 0.00583. The lowest BCUT2D eigenvalue weighted by atomic mass is 10.1. The molecular weight excluding hydrogens is 498 g/mol. The highest BCUT2D eigenvalue weighted by molar-refractivity contribution is 7.89. The van der Waals surface area contributed by atoms with Crippen LogP contribution in [0.25, 0.3) is 16.3 Å². The Morgan fingerprint density at radius 2 is 1.97 bits per heavy atom. The van der Waals surface area contributed by atoms with E-state index in [1.54, 1.807) is 6.07 Å². The summed E-state index contributed by atoms with van der Waals surface area (Å²) in [5, 5.41) is 20.2. The third kappa shape index (κ3) is 4.49. The first-order valence-electron chi connectivity index (χ1n) is 11.1. The number of anilines is 1. The van der Waals surface area contributed by atoms with Crippen molar-refractivity contribution in [3.8, 4) is 16.8 Å². The second kappa shape index (κ2) is 8.44. The Kier molecular flexibility index (Phi) is 5.78. The molecule has 1 aliphatic carbocycles. The number of halogens is 2. The highest BCUT2D eigenvalue weighted by Gasteiger charge is 2.42. The Balaban J connectivity index is 1.74. The summed E-state index contributed by atoms with van der Waals surface area (Å²) in [6.07, 6.45) is 0.0353. The van der Waals surface area contributed by atoms with Gasteiger partial charge in [0.2, 0.25) is 10.0 Å². The molecule has 2 N–H and O–H groups in total. The molecule has 186 valence electrons. The molecule has 0 bridgehead atoms. The van der Waals surface area contributed by atoms with Crippen LogP contribution in [0.2, 0.25) is 0 Å². The van der Waals surface area contributed by atoms with E-state index in [4.69, 9.17) is 0 Å². The van der Waals surface area contributed by atoms with Gasteiger partial charge in [0, 0.05) is 36.9 Å². The van der Waals surface area contributed by atoms with Gasteiger partial charge in [-0.1, -0.05) is 11.3 Å². The molecule has 4 heterocycles. The number of hydrogen-bond acceptors (Lipinski definition) is 9. The number of pyridine rings is 1. The standard InChI is InChI=1S/C21H24F2N8O2S2/c1-11-8-30(9-12(2)25-11)15-6-13(35(32,33)29-21(3)4-5-21)10-31-16(14(7-24)26-18(15)31)19-27-28-20(34-19)17(22)23/h6,10-12,17,25,29H,4-5,8-9H2,1-3H3/t11-,12-/m0/s1. The number of aromatic nitrogens is 4. The monoisotopic (exact) mass is 522 g/mol. The van der Waals surface area contributed by atoms with Crippen LogP contribution in [0.4, 0.5) is 14.5 Å². The average molecular weight is 523 g/mol. The normalized spacial score (nSPS) is 22.0. The predicted molar refractivity (Wildman–Crippen MR) is 126 cm³/mol. The van der Waals surface area contributed by atoms with Crippen LogP contribution in [-0.2, 0) is 10.0 Å². The van der Waals surface area contributed by atoms with E-state index in [0.717, 1.165) is 12.8 Å². The second-order valence-corrected chi connectivity index (χ2v) is 12.2. The van der Waals surface area contributed by atoms with E-state index in [0.29, 0.717) is 35.8 Å². The number of nitriles is 1. The first-order valence-corrected chi connectivity index (χ1v) is 13.4. The summed E-state index contributed by atoms with van der Waals surface area (Å²) in [7, 11) is -3.92. The van der Waals surface area contributed by atoms with Gasteiger partial charge in [0.1, 0.15) is 16.7 Å². The molecule has 5 rings (SSSR count). The molecule has 0 unspecified atom stereocenters. The number of hydrogen-bond donors (Lipinski definition) is 2. The van der Waals surface area contributed by atoms with E-state index in [-0.39, 0.29) is 33.4 Å². The summed E-state index contributed by atoms with van der Waals surface area (Å²) in [5.41, 5.74) is 0.487. The fourth-order valence-electron chi connectivity index (χ4n) is 4.38. The van der Waals surface area contributed by atoms with Gasteiger partial charge in [-0.15, -0.1) is 10.2 Å². The molecule has 2 atom stereocenters. The van der Waals surface area contributed by atoms with Crippen LogP contribution < -0.4 is 14.9 Å². The SMILES string of the molecule is C[C@H]1CN(c2cc(S(=O)(=O)NC3(C)CC3)cn3c(-c4nnc(C(F)F)s4)c(C#N)nc23)C[C@H](C)N1. The summed E-state index contributed by atoms with van der Waals surface area (Å²) in [6, 6.07) is 3.82. The molecule has 10 nitrogen and oxygen atoms in total. The van der Waals surface area contributed by atoms with E-state index in [2.05, 4.69) is 25.2 Å². The molecule has 3 aromatic rings. The van der Waals surface area contributed by atoms with Gasteiger partial charge in [-0.05, 0) is 39.7 Å². The van der Waals surface area contributed by atoms with Crippen molar-refractivity contribution in [3.05, 3.63) is 23.0 Å². The number of nitrogens with zero attached hydrogens (tertiary/aromatic N) is 6. The minimum atomic E-state index is -3.92. The highest BCUT2D eigenvalue weighted by Crippen LogP contribution is 2.38. The fourth-order valence-corrected chi connectivity index (χ4v) is 6.60. The van der Waals surface area contributed by atoms with Crippen molar-refractivity contribution in [3.63, 3.8) is 0 Å². The van der Waals surface area contributed by atoms with Crippen molar-refractivity contribution < 1.29 is 17.2 Å². The van der Waals surface area contributed by atoms with Crippen LogP contribution in [0.15, 0.2) is 17.2 Å². The zero-order valence-electron chi connectivity index (χ0n) is 19.3. The Morgan fingerprint density at radius 1 is 1.29 bits per heavy atom. The molecule has 0 aromatic carbocycles. The molecule has 14 heteroatoms. The maximum absolute atomic E-state index is 13.3. The first-order chi connectivity index (χ1) is 16.5. The lowest BCUT2D eigenvalue weighted by Gasteiger charge is -2.37. The first kappa shape index (κ1) is 24.0. The third-order valence-electron chi connectivity index (χ3n) is 6.20. The van der Waals surface area contributed by atoms with Crippen LogP contribution in [-0.4, -0.2) is 58.7 Å². The van der Waals surface area contributed by atoms with Crippen LogP contribution in [0, 0.1) is 11.3 Å². The van der Waals surface area contributed by atoms with E-state index in [1.165, 1.54) is 10.6 Å². The number of alkyl halides is 2. The summed E-state index contributed by atoms with van der Waals surface area (Å²) in [4.78, 5) is 6.50. The lowest BCUT2D eigenvalue weighted by Crippen LogP contribution is -2.54. The number of rotatable bonds is 6. The molecule has 1 saturated carbocycles. The van der Waals surface area contributed by atoms with E-state index >= 15 is 0 Å². The Labute approximate surface area is 205 Å². The highest BCUT2D eigenvalue weighted by atomic mass is 32.2. The predicted octanol–water partition coefficient (Wildman–Crippen LogP) is 2.68. The Bertz CT molecular complexity index is 1430. The van der Waals surface area contributed by atoms with Gasteiger partial charge in [-0.25, -0.2) is 26.9 Å². The zero-order chi connectivity index (χ0) is 25.1. The fraction of sp³-hybridized carbons (Fsp3) is 0.524. The third-order valence-corrected chi connectivity index (χ3v) is 8.74. The molecule has 1 aliphatic heterocycles. The van der Waals surface area contributed by atoms with Gasteiger partial charge in [-0.2, -0.15) is 5.26 Å². The van der Waals surface area contributed by atoms with Crippen LogP contribution in [0.5, 0.6) is 0 Å². The number of nitrogens with one attached hydrogen (secondary N) is 2. The summed E-state index contributed by atoms with van der Waals surface area (Å²) in [6.45, 7) is 7.08. The average Bonchev–Trinajstić information content (AvgIpc) is 3.18. The van der Waals surface area contributed by atoms with E-state index in [1.807, 2.05) is 31.7 Å². The van der Waals surface area contributed by atoms with Crippen molar-refractivity contribution >= 4 is 32.7 Å². The molecule has 35 heavy (non-hydrogen) atoms. The quantitative estimate of drug-likeness (QED) is 0.506. The van der Waals surface area contributed by atoms with Gasteiger partial charge in [-0.3, -0.25) is 4.40 Å². The molecule has 0 radical (unpaired) electrons. The summed E-state index contributed by atoms with van der Waals surface area (Å²) in [5.74, 6) is 0. The second-order valence-electron chi connectivity index (χ2n) is 9.46. The van der Waals surface area contributed by atoms with Gasteiger partial charge in [0.15, 0.2) is 21.4 Å². The van der Waals surface area contributed by atoms with Crippen molar-refractivity contribution in [2.24, 2.45) is 0 Å². The maximum atomic E-state index is 13.3. The lowest BCUT2D eigenvalue weighted by molar-refractivity contribution is 0.150. The summed E-state index contributed by atoms with van der Waals surface area (Å²) >= 11 is 0.646. The molecule has 2 aliphatic rings. The number of sulfonamides is 1. The van der Waals surface area contributed by atoms with Gasteiger partial charge in [0.05, 0.1) is 5.69 Å². The Hall–Kier alpha value is -2.73. The van der Waals surface area contributed by atoms with Gasteiger partial charge < -0.3 is 10.2 Å². The van der Waals surface area contributed by atoms with E-state index < -0.39 is 27.0 Å². The molecular formula is C21H24F2N8O2S2. The number of imidazole rings is 1. The Morgan fingerprint density at radius 3 is 2.54 bits per heavy atom. The molecule has 0 amide bonds. The number of piperazine rings is 1. The van der Waals surface area contributed by atoms with E-state index in [9.17, 15) is 22.5 Å². The minimum Gasteiger partial charge on any atom is -0.365 e.